The molecule has 2 rings (SSSR count). The Morgan fingerprint density at radius 2 is 1.78 bits per heavy atom. The first kappa shape index (κ1) is 20.7. The lowest BCUT2D eigenvalue weighted by atomic mass is 10.1. The summed E-state index contributed by atoms with van der Waals surface area (Å²) in [7, 11) is 0. The van der Waals surface area contributed by atoms with Crippen LogP contribution < -0.4 is 20.9 Å². The van der Waals surface area contributed by atoms with E-state index in [1.165, 1.54) is 0 Å². The number of carbonyl (C=O) groups excluding carboxylic acids is 2. The Morgan fingerprint density at radius 3 is 2.48 bits per heavy atom. The highest BCUT2D eigenvalue weighted by Crippen LogP contribution is 2.17. The smallest absolute Gasteiger partial charge is 0.273 e. The van der Waals surface area contributed by atoms with Crippen LogP contribution in [0.5, 0.6) is 5.75 Å². The third kappa shape index (κ3) is 6.88. The number of hydrazine groups is 1. The molecule has 2 amide bonds. The lowest BCUT2D eigenvalue weighted by Gasteiger charge is -2.13. The van der Waals surface area contributed by atoms with Crippen LogP contribution in [0.3, 0.4) is 0 Å². The highest BCUT2D eigenvalue weighted by atomic mass is 35.5. The zero-order valence-electron chi connectivity index (χ0n) is 14.8. The highest BCUT2D eigenvalue weighted by molar-refractivity contribution is 7.80. The van der Waals surface area contributed by atoms with Crippen LogP contribution >= 0.6 is 23.8 Å². The maximum atomic E-state index is 12.3. The normalized spacial score (nSPS) is 10.0. The van der Waals surface area contributed by atoms with Crippen molar-refractivity contribution < 1.29 is 14.3 Å². The van der Waals surface area contributed by atoms with E-state index < -0.39 is 5.91 Å². The van der Waals surface area contributed by atoms with Crippen molar-refractivity contribution in [1.29, 1.82) is 0 Å². The molecule has 0 saturated heterocycles. The summed E-state index contributed by atoms with van der Waals surface area (Å²) < 4.78 is 5.55. The lowest BCUT2D eigenvalue weighted by Crippen LogP contribution is -2.48. The van der Waals surface area contributed by atoms with Crippen LogP contribution in [0.2, 0.25) is 5.02 Å². The number of hydrogen-bond donors (Lipinski definition) is 3. The van der Waals surface area contributed by atoms with Crippen LogP contribution in [0, 0.1) is 0 Å². The van der Waals surface area contributed by atoms with Gasteiger partial charge in [0, 0.05) is 5.02 Å². The predicted octanol–water partition coefficient (Wildman–Crippen LogP) is 3.01. The van der Waals surface area contributed by atoms with Crippen LogP contribution in [0.15, 0.2) is 48.5 Å². The minimum absolute atomic E-state index is 0.00530. The Hall–Kier alpha value is -2.64. The van der Waals surface area contributed by atoms with Crippen molar-refractivity contribution in [2.24, 2.45) is 0 Å². The van der Waals surface area contributed by atoms with E-state index in [2.05, 4.69) is 16.2 Å². The Kier molecular flexibility index (Phi) is 8.03. The zero-order valence-corrected chi connectivity index (χ0v) is 16.3. The maximum Gasteiger partial charge on any atom is 0.273 e. The fourth-order valence-corrected chi connectivity index (χ4v) is 2.45. The van der Waals surface area contributed by atoms with E-state index in [-0.39, 0.29) is 17.4 Å². The van der Waals surface area contributed by atoms with Gasteiger partial charge in [0.15, 0.2) is 5.11 Å². The Morgan fingerprint density at radius 1 is 1.07 bits per heavy atom. The van der Waals surface area contributed by atoms with Crippen molar-refractivity contribution in [3.8, 4) is 5.75 Å². The van der Waals surface area contributed by atoms with E-state index in [0.717, 1.165) is 12.0 Å². The van der Waals surface area contributed by atoms with Crippen molar-refractivity contribution >= 4 is 40.7 Å². The van der Waals surface area contributed by atoms with E-state index in [4.69, 9.17) is 28.6 Å². The second-order valence-electron chi connectivity index (χ2n) is 5.60. The predicted molar refractivity (Wildman–Crippen MR) is 109 cm³/mol. The summed E-state index contributed by atoms with van der Waals surface area (Å²) in [6.07, 6.45) is 0.971. The van der Waals surface area contributed by atoms with Gasteiger partial charge in [-0.15, -0.1) is 0 Å². The fraction of sp³-hybridized carbons (Fsp3) is 0.211. The second kappa shape index (κ2) is 10.5. The van der Waals surface area contributed by atoms with Gasteiger partial charge < -0.3 is 10.1 Å². The number of hydrogen-bond acceptors (Lipinski definition) is 4. The lowest BCUT2D eigenvalue weighted by molar-refractivity contribution is -0.119. The number of para-hydroxylation sites is 1. The molecular formula is C19H20ClN3O3S. The first-order valence-corrected chi connectivity index (χ1v) is 9.14. The molecule has 0 aliphatic rings. The molecule has 0 saturated carbocycles. The molecule has 0 heterocycles. The van der Waals surface area contributed by atoms with Gasteiger partial charge in [-0.3, -0.25) is 20.4 Å². The Bertz CT molecular complexity index is 812. The molecule has 0 aromatic heterocycles. The monoisotopic (exact) mass is 405 g/mol. The molecule has 0 unspecified atom stereocenters. The molecule has 0 aliphatic heterocycles. The largest absolute Gasteiger partial charge is 0.493 e. The molecule has 6 nitrogen and oxygen atoms in total. The highest BCUT2D eigenvalue weighted by Gasteiger charge is 2.13. The third-order valence-corrected chi connectivity index (χ3v) is 3.87. The molecule has 27 heavy (non-hydrogen) atoms. The van der Waals surface area contributed by atoms with Gasteiger partial charge in [0.05, 0.1) is 18.6 Å². The molecule has 0 radical (unpaired) electrons. The molecule has 3 N–H and O–H groups in total. The number of carbonyl (C=O) groups is 2. The van der Waals surface area contributed by atoms with Gasteiger partial charge in [-0.2, -0.15) is 0 Å². The van der Waals surface area contributed by atoms with Gasteiger partial charge in [0.1, 0.15) is 5.75 Å². The van der Waals surface area contributed by atoms with Crippen LogP contribution in [0.25, 0.3) is 0 Å². The van der Waals surface area contributed by atoms with Gasteiger partial charge in [-0.25, -0.2) is 0 Å². The average Bonchev–Trinajstić information content (AvgIpc) is 2.66. The van der Waals surface area contributed by atoms with Gasteiger partial charge in [-0.05, 0) is 48.5 Å². The second-order valence-corrected chi connectivity index (χ2v) is 6.45. The average molecular weight is 406 g/mol. The summed E-state index contributed by atoms with van der Waals surface area (Å²) >= 11 is 10.8. The van der Waals surface area contributed by atoms with E-state index in [9.17, 15) is 9.59 Å². The topological polar surface area (TPSA) is 79.5 Å². The Balaban J connectivity index is 1.83. The van der Waals surface area contributed by atoms with Crippen LogP contribution in [0.1, 0.15) is 29.3 Å². The molecule has 2 aromatic carbocycles. The number of benzene rings is 2. The van der Waals surface area contributed by atoms with Crippen molar-refractivity contribution in [1.82, 2.24) is 16.2 Å². The molecule has 8 heteroatoms. The summed E-state index contributed by atoms with van der Waals surface area (Å²) in [6, 6.07) is 13.8. The van der Waals surface area contributed by atoms with Gasteiger partial charge in [0.2, 0.25) is 5.91 Å². The number of nitrogens with one attached hydrogen (secondary N) is 3. The van der Waals surface area contributed by atoms with Crippen molar-refractivity contribution in [3.63, 3.8) is 0 Å². The first-order chi connectivity index (χ1) is 13.0. The summed E-state index contributed by atoms with van der Waals surface area (Å²) in [4.78, 5) is 24.3. The third-order valence-electron chi connectivity index (χ3n) is 3.41. The van der Waals surface area contributed by atoms with Crippen molar-refractivity contribution in [2.75, 3.05) is 6.61 Å². The minimum Gasteiger partial charge on any atom is -0.493 e. The molecule has 0 fully saturated rings. The maximum absolute atomic E-state index is 12.3. The number of thiocarbonyl (C=S) groups is 1. The number of amides is 2. The van der Waals surface area contributed by atoms with Gasteiger partial charge >= 0.3 is 0 Å². The summed E-state index contributed by atoms with van der Waals surface area (Å²) in [5.74, 6) is -0.247. The van der Waals surface area contributed by atoms with Gasteiger partial charge in [0.25, 0.3) is 5.91 Å². The van der Waals surface area contributed by atoms with Crippen LogP contribution in [0.4, 0.5) is 0 Å². The molecule has 0 spiro atoms. The Labute approximate surface area is 168 Å². The van der Waals surface area contributed by atoms with Crippen molar-refractivity contribution in [3.05, 3.63) is 64.7 Å². The molecule has 142 valence electrons. The quantitative estimate of drug-likeness (QED) is 0.508. The molecule has 0 atom stereocenters. The molecule has 2 aromatic rings. The SMILES string of the molecule is CCCOc1ccccc1C(=O)NNC(=S)NC(=O)Cc1ccc(Cl)cc1. The number of rotatable bonds is 6. The van der Waals surface area contributed by atoms with Crippen LogP contribution in [-0.2, 0) is 11.2 Å². The molecule has 0 bridgehead atoms. The standard InChI is InChI=1S/C19H20ClN3O3S/c1-2-11-26-16-6-4-3-5-15(16)18(25)22-23-19(27)21-17(24)12-13-7-9-14(20)10-8-13/h3-10H,2,11-12H2,1H3,(H,22,25)(H2,21,23,24,27). The van der Waals surface area contributed by atoms with Gasteiger partial charge in [-0.1, -0.05) is 42.8 Å². The van der Waals surface area contributed by atoms with Crippen molar-refractivity contribution in [2.45, 2.75) is 19.8 Å². The van der Waals surface area contributed by atoms with E-state index >= 15 is 0 Å². The molecular weight excluding hydrogens is 386 g/mol. The number of halogens is 1. The summed E-state index contributed by atoms with van der Waals surface area (Å²) in [5, 5.41) is 3.10. The fourth-order valence-electron chi connectivity index (χ4n) is 2.16. The van der Waals surface area contributed by atoms with Crippen LogP contribution in [-0.4, -0.2) is 23.5 Å². The number of ether oxygens (including phenoxy) is 1. The zero-order chi connectivity index (χ0) is 19.6. The van der Waals surface area contributed by atoms with E-state index in [1.54, 1.807) is 48.5 Å². The summed E-state index contributed by atoms with van der Waals surface area (Å²) in [6.45, 7) is 2.49. The minimum atomic E-state index is -0.420. The van der Waals surface area contributed by atoms with E-state index in [0.29, 0.717) is 22.9 Å². The van der Waals surface area contributed by atoms with E-state index in [1.807, 2.05) is 6.92 Å². The summed E-state index contributed by atoms with van der Waals surface area (Å²) in [5.41, 5.74) is 6.13. The first-order valence-electron chi connectivity index (χ1n) is 8.36. The molecule has 0 aliphatic carbocycles.